The van der Waals surface area contributed by atoms with Crippen LogP contribution in [-0.2, 0) is 28.0 Å². The van der Waals surface area contributed by atoms with Crippen LogP contribution in [0.2, 0.25) is 0 Å². The number of hydrogen-bond acceptors (Lipinski definition) is 6. The third kappa shape index (κ3) is 6.16. The second-order valence-electron chi connectivity index (χ2n) is 11.0. The number of halogens is 1. The van der Waals surface area contributed by atoms with E-state index in [4.69, 9.17) is 14.9 Å². The number of benzene rings is 2. The quantitative estimate of drug-likeness (QED) is 0.405. The van der Waals surface area contributed by atoms with Gasteiger partial charge in [0.1, 0.15) is 17.3 Å². The Labute approximate surface area is 246 Å². The van der Waals surface area contributed by atoms with E-state index in [0.29, 0.717) is 60.0 Å². The lowest BCUT2D eigenvalue weighted by Crippen LogP contribution is -2.31. The minimum atomic E-state index is -0.327. The number of rotatable bonds is 9. The topological polar surface area (TPSA) is 112 Å². The minimum Gasteiger partial charge on any atom is -0.494 e. The molecule has 0 aliphatic carbocycles. The Morgan fingerprint density at radius 3 is 2.45 bits per heavy atom. The van der Waals surface area contributed by atoms with E-state index in [1.165, 1.54) is 0 Å². The molecule has 2 aromatic carbocycles. The van der Waals surface area contributed by atoms with Crippen LogP contribution < -0.4 is 19.7 Å². The van der Waals surface area contributed by atoms with Crippen LogP contribution >= 0.6 is 17.0 Å². The Balaban J connectivity index is 0.00000441. The third-order valence-electron chi connectivity index (χ3n) is 7.25. The van der Waals surface area contributed by atoms with Gasteiger partial charge in [0.05, 0.1) is 32.4 Å². The first kappa shape index (κ1) is 31.1. The van der Waals surface area contributed by atoms with E-state index >= 15 is 0 Å². The van der Waals surface area contributed by atoms with Crippen molar-refractivity contribution in [2.75, 3.05) is 38.8 Å². The van der Waals surface area contributed by atoms with Crippen LogP contribution in [0.3, 0.4) is 0 Å². The van der Waals surface area contributed by atoms with Gasteiger partial charge in [0.15, 0.2) is 5.78 Å². The normalized spacial score (nSPS) is 14.7. The molecule has 4 rings (SSSR count). The zero-order chi connectivity index (χ0) is 28.5. The van der Waals surface area contributed by atoms with Gasteiger partial charge in [-0.15, -0.1) is 17.0 Å². The van der Waals surface area contributed by atoms with Crippen LogP contribution in [0.25, 0.3) is 0 Å². The maximum atomic E-state index is 13.7. The molecule has 0 aromatic heterocycles. The number of ether oxygens (including phenoxy) is 2. The van der Waals surface area contributed by atoms with Gasteiger partial charge in [-0.05, 0) is 48.6 Å². The molecule has 40 heavy (non-hydrogen) atoms. The first-order chi connectivity index (χ1) is 18.5. The molecule has 2 heterocycles. The third-order valence-corrected chi connectivity index (χ3v) is 7.25. The molecule has 1 fully saturated rings. The number of fused-ring (bicyclic) bond motifs is 1. The maximum Gasteiger partial charge on any atom is 0.227 e. The van der Waals surface area contributed by atoms with E-state index in [1.54, 1.807) is 30.0 Å². The molecule has 0 spiro atoms. The highest BCUT2D eigenvalue weighted by molar-refractivity contribution is 8.93. The van der Waals surface area contributed by atoms with Crippen molar-refractivity contribution in [2.24, 2.45) is 0 Å². The second kappa shape index (κ2) is 12.4. The molecule has 2 amide bonds. The number of carbonyl (C=O) groups is 3. The molecule has 10 heteroatoms. The Hall–Kier alpha value is -3.40. The molecule has 0 radical (unpaired) electrons. The summed E-state index contributed by atoms with van der Waals surface area (Å²) < 4.78 is 11.6. The molecule has 9 nitrogen and oxygen atoms in total. The Kier molecular flexibility index (Phi) is 9.66. The number of carbonyl (C=O) groups excluding carboxylic acids is 3. The maximum absolute atomic E-state index is 13.7. The predicted molar refractivity (Wildman–Crippen MR) is 161 cm³/mol. The number of anilines is 1. The number of amides is 2. The van der Waals surface area contributed by atoms with Crippen LogP contribution in [0.4, 0.5) is 5.69 Å². The van der Waals surface area contributed by atoms with E-state index in [2.05, 4.69) is 5.32 Å². The van der Waals surface area contributed by atoms with E-state index < -0.39 is 0 Å². The Morgan fingerprint density at radius 2 is 1.88 bits per heavy atom. The number of likely N-dealkylation sites (N-methyl/N-ethyl adjacent to an activating group) is 1. The summed E-state index contributed by atoms with van der Waals surface area (Å²) in [6.45, 7) is 9.47. The van der Waals surface area contributed by atoms with Crippen LogP contribution in [0.15, 0.2) is 24.3 Å². The molecular formula is C30H39BrN4O5. The summed E-state index contributed by atoms with van der Waals surface area (Å²) in [6.07, 6.45) is 1.38. The number of methoxy groups -OCH3 is 1. The number of amidine groups is 1. The SMILES string of the molecule is Br.CCOc1cc2c(cc1CC(=O)NC)C(=N)N(CC(=O)c1cc(N3CCCC3=O)c(OC)c(C(C)(C)C)c1)C2. The van der Waals surface area contributed by atoms with Crippen molar-refractivity contribution in [2.45, 2.75) is 58.9 Å². The van der Waals surface area contributed by atoms with Crippen molar-refractivity contribution in [1.29, 1.82) is 5.41 Å². The van der Waals surface area contributed by atoms with Crippen molar-refractivity contribution >= 4 is 46.1 Å². The summed E-state index contributed by atoms with van der Waals surface area (Å²) in [7, 11) is 3.18. The van der Waals surface area contributed by atoms with Gasteiger partial charge in [-0.2, -0.15) is 0 Å². The number of nitrogens with zero attached hydrogens (tertiary/aromatic N) is 2. The molecule has 0 bridgehead atoms. The van der Waals surface area contributed by atoms with Crippen LogP contribution in [-0.4, -0.2) is 62.2 Å². The lowest BCUT2D eigenvalue weighted by atomic mass is 9.84. The second-order valence-corrected chi connectivity index (χ2v) is 11.0. The van der Waals surface area contributed by atoms with Gasteiger partial charge in [0.2, 0.25) is 11.8 Å². The fraction of sp³-hybridized carbons (Fsp3) is 0.467. The van der Waals surface area contributed by atoms with Crippen molar-refractivity contribution in [1.82, 2.24) is 10.2 Å². The largest absolute Gasteiger partial charge is 0.494 e. The highest BCUT2D eigenvalue weighted by atomic mass is 79.9. The van der Waals surface area contributed by atoms with E-state index in [9.17, 15) is 14.4 Å². The smallest absolute Gasteiger partial charge is 0.227 e. The van der Waals surface area contributed by atoms with Crippen molar-refractivity contribution in [3.8, 4) is 11.5 Å². The van der Waals surface area contributed by atoms with Crippen molar-refractivity contribution in [3.63, 3.8) is 0 Å². The predicted octanol–water partition coefficient (Wildman–Crippen LogP) is 4.41. The van der Waals surface area contributed by atoms with Crippen molar-refractivity contribution in [3.05, 3.63) is 52.1 Å². The van der Waals surface area contributed by atoms with Gasteiger partial charge in [-0.25, -0.2) is 0 Å². The highest BCUT2D eigenvalue weighted by Crippen LogP contribution is 2.41. The van der Waals surface area contributed by atoms with Gasteiger partial charge < -0.3 is 24.6 Å². The van der Waals surface area contributed by atoms with E-state index in [0.717, 1.165) is 17.5 Å². The van der Waals surface area contributed by atoms with Crippen molar-refractivity contribution < 1.29 is 23.9 Å². The van der Waals surface area contributed by atoms with Gasteiger partial charge in [0, 0.05) is 48.8 Å². The van der Waals surface area contributed by atoms with Crippen LogP contribution in [0, 0.1) is 5.41 Å². The van der Waals surface area contributed by atoms with Crippen LogP contribution in [0.5, 0.6) is 11.5 Å². The minimum absolute atomic E-state index is 0. The van der Waals surface area contributed by atoms with E-state index in [1.807, 2.05) is 45.9 Å². The number of Topliss-reactive ketones (excluding diaryl/α,β-unsaturated/α-hetero) is 1. The number of nitrogens with one attached hydrogen (secondary N) is 2. The van der Waals surface area contributed by atoms with Gasteiger partial charge >= 0.3 is 0 Å². The fourth-order valence-corrected chi connectivity index (χ4v) is 5.21. The standard InChI is InChI=1S/C30H38N4O5.BrH/c1-7-39-25-14-20-16-33(29(31)21(20)11-19(25)15-26(36)32-5)17-24(35)18-12-22(30(2,3)4)28(38-6)23(13-18)34-10-8-9-27(34)37;/h11-14,31H,7-10,15-17H2,1-6H3,(H,32,36);1H. The molecule has 216 valence electrons. The molecule has 0 saturated carbocycles. The number of ketones is 1. The first-order valence-corrected chi connectivity index (χ1v) is 13.4. The highest BCUT2D eigenvalue weighted by Gasteiger charge is 2.32. The summed E-state index contributed by atoms with van der Waals surface area (Å²) in [4.78, 5) is 41.8. The average Bonchev–Trinajstić information content (AvgIpc) is 3.45. The van der Waals surface area contributed by atoms with Gasteiger partial charge in [-0.3, -0.25) is 19.8 Å². The molecule has 0 atom stereocenters. The Bertz CT molecular complexity index is 1330. The molecule has 2 aliphatic heterocycles. The van der Waals surface area contributed by atoms with Crippen LogP contribution in [0.1, 0.15) is 73.1 Å². The molecule has 2 aromatic rings. The number of hydrogen-bond donors (Lipinski definition) is 2. The molecule has 1 saturated heterocycles. The summed E-state index contributed by atoms with van der Waals surface area (Å²) >= 11 is 0. The monoisotopic (exact) mass is 614 g/mol. The zero-order valence-corrected chi connectivity index (χ0v) is 25.8. The van der Waals surface area contributed by atoms with E-state index in [-0.39, 0.29) is 58.8 Å². The fourth-order valence-electron chi connectivity index (χ4n) is 5.21. The summed E-state index contributed by atoms with van der Waals surface area (Å²) in [5, 5.41) is 11.4. The molecule has 0 unspecified atom stereocenters. The summed E-state index contributed by atoms with van der Waals surface area (Å²) in [6, 6.07) is 7.30. The lowest BCUT2D eigenvalue weighted by molar-refractivity contribution is -0.120. The molecule has 2 aliphatic rings. The Morgan fingerprint density at radius 1 is 1.15 bits per heavy atom. The van der Waals surface area contributed by atoms with Gasteiger partial charge in [-0.1, -0.05) is 20.8 Å². The molecular weight excluding hydrogens is 576 g/mol. The zero-order valence-electron chi connectivity index (χ0n) is 24.1. The molecule has 2 N–H and O–H groups in total. The van der Waals surface area contributed by atoms with Gasteiger partial charge in [0.25, 0.3) is 0 Å². The summed E-state index contributed by atoms with van der Waals surface area (Å²) in [5.41, 5.74) is 3.91. The lowest BCUT2D eigenvalue weighted by Gasteiger charge is -2.28. The first-order valence-electron chi connectivity index (χ1n) is 13.4. The summed E-state index contributed by atoms with van der Waals surface area (Å²) in [5.74, 6) is 1.19. The average molecular weight is 616 g/mol.